The van der Waals surface area contributed by atoms with Gasteiger partial charge in [-0.1, -0.05) is 24.9 Å². The number of halogens is 1. The Morgan fingerprint density at radius 2 is 2.16 bits per heavy atom. The molecule has 0 bridgehead atoms. The lowest BCUT2D eigenvalue weighted by atomic mass is 10.1. The quantitative estimate of drug-likeness (QED) is 0.643. The molecule has 0 spiro atoms. The first-order chi connectivity index (χ1) is 9.31. The maximum absolute atomic E-state index is 6.29. The zero-order chi connectivity index (χ0) is 13.2. The fourth-order valence-electron chi connectivity index (χ4n) is 2.10. The summed E-state index contributed by atoms with van der Waals surface area (Å²) in [7, 11) is 0. The van der Waals surface area contributed by atoms with Crippen LogP contribution in [0.15, 0.2) is 23.8 Å². The van der Waals surface area contributed by atoms with E-state index in [1.807, 2.05) is 17.6 Å². The molecule has 98 valence electrons. The van der Waals surface area contributed by atoms with Gasteiger partial charge in [0.05, 0.1) is 20.1 Å². The van der Waals surface area contributed by atoms with Crippen molar-refractivity contribution in [3.63, 3.8) is 0 Å². The zero-order valence-corrected chi connectivity index (χ0v) is 12.9. The second kappa shape index (κ2) is 5.57. The highest BCUT2D eigenvalue weighted by molar-refractivity contribution is 7.26. The van der Waals surface area contributed by atoms with Crippen LogP contribution in [0.5, 0.6) is 0 Å². The van der Waals surface area contributed by atoms with Gasteiger partial charge < -0.3 is 0 Å². The predicted octanol–water partition coefficient (Wildman–Crippen LogP) is 5.42. The van der Waals surface area contributed by atoms with Gasteiger partial charge in [-0.3, -0.25) is 4.98 Å². The van der Waals surface area contributed by atoms with E-state index in [4.69, 9.17) is 11.6 Å². The first-order valence-electron chi connectivity index (χ1n) is 6.27. The van der Waals surface area contributed by atoms with Crippen molar-refractivity contribution in [3.05, 3.63) is 34.4 Å². The van der Waals surface area contributed by atoms with Crippen molar-refractivity contribution in [2.45, 2.75) is 26.2 Å². The molecule has 0 aliphatic carbocycles. The predicted molar refractivity (Wildman–Crippen MR) is 84.4 cm³/mol. The lowest BCUT2D eigenvalue weighted by Gasteiger charge is -2.00. The molecule has 3 rings (SSSR count). The highest BCUT2D eigenvalue weighted by atomic mass is 35.5. The first kappa shape index (κ1) is 13.0. The standard InChI is InChI=1S/C14H13ClN2S2/c1-2-3-4-9-11-13(10(15)5-6-16-11)19-12(9)14-17-7-8-18-14/h5-8H,2-4H2,1H3. The van der Waals surface area contributed by atoms with Crippen molar-refractivity contribution in [2.75, 3.05) is 0 Å². The zero-order valence-electron chi connectivity index (χ0n) is 10.5. The number of pyridine rings is 1. The molecule has 3 aromatic heterocycles. The van der Waals surface area contributed by atoms with Crippen LogP contribution in [0.3, 0.4) is 0 Å². The normalized spacial score (nSPS) is 11.3. The highest BCUT2D eigenvalue weighted by Gasteiger charge is 2.17. The van der Waals surface area contributed by atoms with Crippen molar-refractivity contribution in [3.8, 4) is 9.88 Å². The van der Waals surface area contributed by atoms with Gasteiger partial charge in [0, 0.05) is 17.8 Å². The van der Waals surface area contributed by atoms with Crippen LogP contribution in [0.1, 0.15) is 25.3 Å². The van der Waals surface area contributed by atoms with E-state index in [0.29, 0.717) is 0 Å². The third-order valence-corrected chi connectivity index (χ3v) is 5.64. The third-order valence-electron chi connectivity index (χ3n) is 3.03. The van der Waals surface area contributed by atoms with Gasteiger partial charge in [-0.05, 0) is 24.5 Å². The Balaban J connectivity index is 2.22. The summed E-state index contributed by atoms with van der Waals surface area (Å²) in [6.07, 6.45) is 7.02. The summed E-state index contributed by atoms with van der Waals surface area (Å²) in [6.45, 7) is 2.21. The van der Waals surface area contributed by atoms with Gasteiger partial charge in [-0.25, -0.2) is 4.98 Å². The molecule has 0 aliphatic rings. The Bertz CT molecular complexity index is 689. The average Bonchev–Trinajstić information content (AvgIpc) is 3.04. The van der Waals surface area contributed by atoms with E-state index in [-0.39, 0.29) is 0 Å². The van der Waals surface area contributed by atoms with Crippen molar-refractivity contribution in [1.82, 2.24) is 9.97 Å². The number of thiazole rings is 1. The molecule has 0 N–H and O–H groups in total. The summed E-state index contributed by atoms with van der Waals surface area (Å²) < 4.78 is 1.08. The van der Waals surface area contributed by atoms with E-state index in [2.05, 4.69) is 16.9 Å². The topological polar surface area (TPSA) is 25.8 Å². The molecule has 0 amide bonds. The van der Waals surface area contributed by atoms with E-state index in [9.17, 15) is 0 Å². The molecule has 0 saturated heterocycles. The van der Waals surface area contributed by atoms with E-state index < -0.39 is 0 Å². The summed E-state index contributed by atoms with van der Waals surface area (Å²) in [5.74, 6) is 0. The van der Waals surface area contributed by atoms with Crippen LogP contribution in [-0.4, -0.2) is 9.97 Å². The minimum absolute atomic E-state index is 0.788. The fraction of sp³-hybridized carbons (Fsp3) is 0.286. The summed E-state index contributed by atoms with van der Waals surface area (Å²) in [6, 6.07) is 1.86. The number of rotatable bonds is 4. The first-order valence-corrected chi connectivity index (χ1v) is 8.34. The Hall–Kier alpha value is -0.970. The molecule has 0 aliphatic heterocycles. The molecule has 0 unspecified atom stereocenters. The molecule has 0 saturated carbocycles. The summed E-state index contributed by atoms with van der Waals surface area (Å²) >= 11 is 9.68. The van der Waals surface area contributed by atoms with Gasteiger partial charge in [0.1, 0.15) is 5.01 Å². The molecule has 5 heteroatoms. The second-order valence-corrected chi connectivity index (χ2v) is 6.64. The second-order valence-electron chi connectivity index (χ2n) is 4.32. The van der Waals surface area contributed by atoms with Crippen LogP contribution in [0.4, 0.5) is 0 Å². The average molecular weight is 309 g/mol. The van der Waals surface area contributed by atoms with Crippen molar-refractivity contribution in [1.29, 1.82) is 0 Å². The van der Waals surface area contributed by atoms with Gasteiger partial charge in [-0.15, -0.1) is 22.7 Å². The maximum atomic E-state index is 6.29. The van der Waals surface area contributed by atoms with Gasteiger partial charge in [-0.2, -0.15) is 0 Å². The smallest absolute Gasteiger partial charge is 0.133 e. The van der Waals surface area contributed by atoms with Gasteiger partial charge in [0.25, 0.3) is 0 Å². The van der Waals surface area contributed by atoms with Crippen LogP contribution in [0.25, 0.3) is 20.1 Å². The van der Waals surface area contributed by atoms with Gasteiger partial charge >= 0.3 is 0 Å². The number of hydrogen-bond donors (Lipinski definition) is 0. The van der Waals surface area contributed by atoms with Crippen molar-refractivity contribution >= 4 is 44.5 Å². The molecular formula is C14H13ClN2S2. The number of fused-ring (bicyclic) bond motifs is 1. The molecule has 19 heavy (non-hydrogen) atoms. The molecule has 0 atom stereocenters. The summed E-state index contributed by atoms with van der Waals surface area (Å²) in [5, 5.41) is 3.87. The number of unbranched alkanes of at least 4 members (excludes halogenated alkanes) is 1. The molecule has 0 radical (unpaired) electrons. The Kier molecular flexibility index (Phi) is 3.82. The SMILES string of the molecule is CCCCc1c(-c2nccs2)sc2c(Cl)ccnc12. The number of hydrogen-bond acceptors (Lipinski definition) is 4. The van der Waals surface area contributed by atoms with Crippen molar-refractivity contribution in [2.24, 2.45) is 0 Å². The van der Waals surface area contributed by atoms with Crippen LogP contribution in [0, 0.1) is 0 Å². The highest BCUT2D eigenvalue weighted by Crippen LogP contribution is 2.41. The number of aryl methyl sites for hydroxylation is 1. The van der Waals surface area contributed by atoms with E-state index in [1.54, 1.807) is 28.9 Å². The van der Waals surface area contributed by atoms with Gasteiger partial charge in [0.15, 0.2) is 0 Å². The molecule has 3 aromatic rings. The van der Waals surface area contributed by atoms with Crippen LogP contribution < -0.4 is 0 Å². The molecule has 2 nitrogen and oxygen atoms in total. The fourth-order valence-corrected chi connectivity index (χ4v) is 4.34. The van der Waals surface area contributed by atoms with E-state index in [0.717, 1.165) is 26.7 Å². The van der Waals surface area contributed by atoms with Crippen LogP contribution >= 0.6 is 34.3 Å². The van der Waals surface area contributed by atoms with E-state index >= 15 is 0 Å². The third kappa shape index (κ3) is 2.40. The lowest BCUT2D eigenvalue weighted by molar-refractivity contribution is 0.800. The van der Waals surface area contributed by atoms with E-state index in [1.165, 1.54) is 23.3 Å². The molecule has 0 aromatic carbocycles. The maximum Gasteiger partial charge on any atom is 0.133 e. The van der Waals surface area contributed by atoms with Crippen LogP contribution in [-0.2, 0) is 6.42 Å². The van der Waals surface area contributed by atoms with Crippen LogP contribution in [0.2, 0.25) is 5.02 Å². The largest absolute Gasteiger partial charge is 0.255 e. The van der Waals surface area contributed by atoms with Crippen molar-refractivity contribution < 1.29 is 0 Å². The minimum atomic E-state index is 0.788. The Morgan fingerprint density at radius 1 is 1.26 bits per heavy atom. The summed E-state index contributed by atoms with van der Waals surface area (Å²) in [4.78, 5) is 10.2. The Labute approximate surface area is 125 Å². The number of thiophene rings is 1. The summed E-state index contributed by atoms with van der Waals surface area (Å²) in [5.41, 5.74) is 2.36. The minimum Gasteiger partial charge on any atom is -0.255 e. The lowest BCUT2D eigenvalue weighted by Crippen LogP contribution is -1.87. The Morgan fingerprint density at radius 3 is 2.89 bits per heavy atom. The number of aromatic nitrogens is 2. The van der Waals surface area contributed by atoms with Gasteiger partial charge in [0.2, 0.25) is 0 Å². The number of nitrogens with zero attached hydrogens (tertiary/aromatic N) is 2. The molecule has 0 fully saturated rings. The molecule has 3 heterocycles. The molecular weight excluding hydrogens is 296 g/mol. The monoisotopic (exact) mass is 308 g/mol.